The number of methoxy groups -OCH3 is 1. The van der Waals surface area contributed by atoms with Crippen LogP contribution in [0.3, 0.4) is 0 Å². The SMILES string of the molecule is CCc1nc2cccc3c2n1CCNC3=O.COc1cccc(CCNC(=O)CCc2nc3cccc4c3n2CCNC4=O)c1.Cc1ccc(CCNC(=O)CCc2nc3cccc4c3n2CCNC4=O)cc1.Cn1cccc1-c1nc2cccc3c2n1CCNC3=O.O=C1NCCn2c(CCc3ccc(CN4CCCC4)cc3)nc3cccc1c32. The van der Waals surface area contributed by atoms with Crippen molar-refractivity contribution >= 4 is 96.5 Å². The lowest BCUT2D eigenvalue weighted by atomic mass is 10.1. The number of hydrogen-bond donors (Lipinski definition) is 7. The smallest absolute Gasteiger partial charge is 0.253 e. The van der Waals surface area contributed by atoms with E-state index in [1.165, 1.54) is 48.2 Å². The Morgan fingerprint density at radius 2 is 0.777 bits per heavy atom. The summed E-state index contributed by atoms with van der Waals surface area (Å²) in [4.78, 5) is 111. The maximum Gasteiger partial charge on any atom is 0.253 e. The minimum absolute atomic E-state index is 0.00389. The number of aryl methyl sites for hydroxylation is 7. The van der Waals surface area contributed by atoms with Crippen LogP contribution in [0.2, 0.25) is 0 Å². The normalized spacial score (nSPS) is 14.5. The first kappa shape index (κ1) is 81.2. The molecule has 27 nitrogen and oxygen atoms in total. The summed E-state index contributed by atoms with van der Waals surface area (Å²) in [6.45, 7) is 15.6. The van der Waals surface area contributed by atoms with Gasteiger partial charge in [0.2, 0.25) is 11.8 Å². The standard InChI is InChI=1S/C23H26N4O.C22H24N4O3.C22H24N4O2.C15H14N4O.C12H13N3O/c28-23-19-4-3-5-20-22(19)27(15-12-24-23)21(25-20)11-10-17-6-8-18(9-7-17)16-26-13-1-2-14-26;1-29-16-5-2-4-15(14-16)10-11-23-20(27)9-8-19-25-18-7-3-6-17-21(18)26(19)13-12-24-22(17)28;1-15-5-7-16(8-6-15)11-12-23-20(27)10-9-19-25-18-4-2-3-17-21(18)26(19)14-13-24-22(17)28;1-18-8-3-6-12(18)14-17-11-5-2-4-10-13(11)19(14)9-7-16-15(10)20;1-2-10-14-9-5-3-4-8-11(9)15(10)7-6-13-12(8)16/h3-9H,1-2,10-16H2,(H,24,28);2-7,14H,8-13H2,1H3,(H,23,27)(H,24,28);2-8H,9-14H2,1H3,(H,23,27)(H,24,28);2-6,8H,7,9H2,1H3,(H,16,20);3-5H,2,6-7H2,1H3,(H,13,16). The van der Waals surface area contributed by atoms with E-state index in [2.05, 4.69) is 142 Å². The average Bonchev–Trinajstić information content (AvgIpc) is 1.58. The molecule has 14 aromatic rings. The van der Waals surface area contributed by atoms with E-state index in [-0.39, 0.29) is 41.4 Å². The first-order chi connectivity index (χ1) is 59.1. The van der Waals surface area contributed by atoms with E-state index < -0.39 is 0 Å². The molecule has 1 saturated heterocycles. The number of carbonyl (C=O) groups is 7. The molecule has 12 heterocycles. The molecule has 0 aliphatic carbocycles. The quantitative estimate of drug-likeness (QED) is 0.0373. The molecule has 0 spiro atoms. The van der Waals surface area contributed by atoms with Crippen LogP contribution in [0, 0.1) is 6.92 Å². The number of amides is 7. The van der Waals surface area contributed by atoms with E-state index >= 15 is 0 Å². The maximum atomic E-state index is 12.3. The molecule has 0 atom stereocenters. The summed E-state index contributed by atoms with van der Waals surface area (Å²) in [6.07, 6.45) is 10.8. The van der Waals surface area contributed by atoms with Crippen LogP contribution in [0.4, 0.5) is 0 Å². The summed E-state index contributed by atoms with van der Waals surface area (Å²) < 4.78 is 17.9. The zero-order valence-electron chi connectivity index (χ0n) is 68.8. The van der Waals surface area contributed by atoms with E-state index in [0.717, 1.165) is 171 Å². The highest BCUT2D eigenvalue weighted by Crippen LogP contribution is 2.31. The van der Waals surface area contributed by atoms with Crippen LogP contribution in [0.25, 0.3) is 66.7 Å². The van der Waals surface area contributed by atoms with Crippen LogP contribution in [-0.2, 0) is 101 Å². The molecule has 0 saturated carbocycles. The molecule has 27 heteroatoms. The van der Waals surface area contributed by atoms with Gasteiger partial charge in [-0.25, -0.2) is 24.9 Å². The van der Waals surface area contributed by atoms with Crippen molar-refractivity contribution in [3.05, 3.63) is 261 Å². The van der Waals surface area contributed by atoms with Crippen molar-refractivity contribution in [2.45, 2.75) is 124 Å². The molecule has 0 bridgehead atoms. The Balaban J connectivity index is 0.000000114. The molecular formula is C94H101N19O8. The molecule has 121 heavy (non-hydrogen) atoms. The van der Waals surface area contributed by atoms with Crippen LogP contribution in [-0.4, -0.2) is 165 Å². The summed E-state index contributed by atoms with van der Waals surface area (Å²) in [5.41, 5.74) is 19.8. The van der Waals surface area contributed by atoms with Gasteiger partial charge in [-0.15, -0.1) is 0 Å². The van der Waals surface area contributed by atoms with Crippen molar-refractivity contribution in [1.82, 2.24) is 94.4 Å². The molecule has 6 aliphatic heterocycles. The number of likely N-dealkylation sites (tertiary alicyclic amines) is 1. The molecule has 6 aliphatic rings. The number of nitrogens with zero attached hydrogens (tertiary/aromatic N) is 12. The molecule has 8 aromatic carbocycles. The van der Waals surface area contributed by atoms with Gasteiger partial charge in [0.1, 0.15) is 29.0 Å². The van der Waals surface area contributed by atoms with Crippen molar-refractivity contribution in [3.8, 4) is 17.3 Å². The molecule has 1 fully saturated rings. The van der Waals surface area contributed by atoms with Gasteiger partial charge >= 0.3 is 0 Å². The van der Waals surface area contributed by atoms with Crippen molar-refractivity contribution in [3.63, 3.8) is 0 Å². The van der Waals surface area contributed by atoms with Gasteiger partial charge in [0.15, 0.2) is 5.82 Å². The van der Waals surface area contributed by atoms with E-state index in [4.69, 9.17) is 14.7 Å². The van der Waals surface area contributed by atoms with Gasteiger partial charge in [-0.3, -0.25) is 38.5 Å². The Kier molecular flexibility index (Phi) is 24.9. The number of benzene rings is 8. The maximum absolute atomic E-state index is 12.3. The Hall–Kier alpha value is -13.6. The van der Waals surface area contributed by atoms with Gasteiger partial charge in [-0.2, -0.15) is 0 Å². The van der Waals surface area contributed by atoms with Gasteiger partial charge < -0.3 is 69.4 Å². The average molecular weight is 1620 g/mol. The molecular weight excluding hydrogens is 1520 g/mol. The van der Waals surface area contributed by atoms with Gasteiger partial charge in [0, 0.05) is 137 Å². The molecule has 620 valence electrons. The summed E-state index contributed by atoms with van der Waals surface area (Å²) in [7, 11) is 3.65. The fraction of sp³-hybridized carbons (Fsp3) is 0.319. The van der Waals surface area contributed by atoms with E-state index in [9.17, 15) is 33.6 Å². The first-order valence-corrected chi connectivity index (χ1v) is 42.1. The highest BCUT2D eigenvalue weighted by Gasteiger charge is 2.28. The van der Waals surface area contributed by atoms with Gasteiger partial charge in [-0.05, 0) is 159 Å². The molecule has 7 N–H and O–H groups in total. The Labute approximate surface area is 700 Å². The topological polar surface area (TPSA) is 310 Å². The predicted molar refractivity (Wildman–Crippen MR) is 467 cm³/mol. The summed E-state index contributed by atoms with van der Waals surface area (Å²) >= 11 is 0. The van der Waals surface area contributed by atoms with E-state index in [0.29, 0.717) is 101 Å². The van der Waals surface area contributed by atoms with Crippen LogP contribution < -0.4 is 42.0 Å². The Morgan fingerprint density at radius 1 is 0.397 bits per heavy atom. The fourth-order valence-corrected chi connectivity index (χ4v) is 17.0. The second-order valence-electron chi connectivity index (χ2n) is 31.1. The third-order valence-corrected chi connectivity index (χ3v) is 23.1. The van der Waals surface area contributed by atoms with Crippen molar-refractivity contribution in [1.29, 1.82) is 0 Å². The zero-order valence-corrected chi connectivity index (χ0v) is 68.8. The van der Waals surface area contributed by atoms with E-state index in [1.54, 1.807) is 7.11 Å². The molecule has 6 aromatic heterocycles. The highest BCUT2D eigenvalue weighted by molar-refractivity contribution is 6.09. The summed E-state index contributed by atoms with van der Waals surface area (Å²) in [5, 5.41) is 20.6. The number of aromatic nitrogens is 11. The second kappa shape index (κ2) is 37.2. The van der Waals surface area contributed by atoms with Crippen LogP contribution in [0.5, 0.6) is 5.75 Å². The number of rotatable bonds is 20. The summed E-state index contributed by atoms with van der Waals surface area (Å²) in [5.74, 6) is 5.42. The van der Waals surface area contributed by atoms with Crippen LogP contribution in [0.15, 0.2) is 182 Å². The fourth-order valence-electron chi connectivity index (χ4n) is 17.0. The lowest BCUT2D eigenvalue weighted by molar-refractivity contribution is -0.121. The van der Waals surface area contributed by atoms with Gasteiger partial charge in [-0.1, -0.05) is 103 Å². The monoisotopic (exact) mass is 1620 g/mol. The highest BCUT2D eigenvalue weighted by atomic mass is 16.5. The number of nitrogens with one attached hydrogen (secondary N) is 7. The molecule has 0 radical (unpaired) electrons. The van der Waals surface area contributed by atoms with Crippen LogP contribution >= 0.6 is 0 Å². The number of hydrogen-bond acceptors (Lipinski definition) is 14. The third-order valence-electron chi connectivity index (χ3n) is 23.1. The predicted octanol–water partition coefficient (Wildman–Crippen LogP) is 10.7. The van der Waals surface area contributed by atoms with Crippen LogP contribution in [0.1, 0.15) is 136 Å². The van der Waals surface area contributed by atoms with Crippen molar-refractivity contribution in [2.24, 2.45) is 7.05 Å². The minimum atomic E-state index is -0.0731. The Bertz CT molecular complexity index is 6200. The lowest BCUT2D eigenvalue weighted by Gasteiger charge is -2.14. The molecule has 20 rings (SSSR count). The lowest BCUT2D eigenvalue weighted by Crippen LogP contribution is -2.26. The summed E-state index contributed by atoms with van der Waals surface area (Å²) in [6, 6.07) is 57.7. The second-order valence-corrected chi connectivity index (χ2v) is 31.1. The van der Waals surface area contributed by atoms with Crippen molar-refractivity contribution in [2.75, 3.05) is 66.0 Å². The van der Waals surface area contributed by atoms with Gasteiger partial charge in [0.25, 0.3) is 29.5 Å². The molecule has 0 unspecified atom stereocenters. The Morgan fingerprint density at radius 3 is 1.21 bits per heavy atom. The van der Waals surface area contributed by atoms with Gasteiger partial charge in [0.05, 0.1) is 95.8 Å². The first-order valence-electron chi connectivity index (χ1n) is 42.1. The third kappa shape index (κ3) is 18.2. The number of imidazole rings is 5. The minimum Gasteiger partial charge on any atom is -0.497 e. The zero-order chi connectivity index (χ0) is 83.5. The largest absolute Gasteiger partial charge is 0.497 e. The molecule has 7 amide bonds. The number of carbonyl (C=O) groups excluding carboxylic acids is 7. The number of para-hydroxylation sites is 5. The van der Waals surface area contributed by atoms with Crippen molar-refractivity contribution < 1.29 is 38.3 Å². The van der Waals surface area contributed by atoms with E-state index in [1.807, 2.05) is 145 Å². The number of ether oxygens (including phenoxy) is 1.